The molecule has 0 amide bonds. The molecule has 0 aromatic heterocycles. The summed E-state index contributed by atoms with van der Waals surface area (Å²) in [5, 5.41) is 17.0. The first-order valence-corrected chi connectivity index (χ1v) is 4.02. The molecular formula is C5H9N3O3S. The molecule has 7 heteroatoms. The number of carbonyl (C=O) groups excluding carboxylic acids is 1. The second-order valence-corrected chi connectivity index (χ2v) is 2.95. The molecule has 0 aromatic carbocycles. The molecule has 0 fully saturated rings. The topological polar surface area (TPSA) is 106 Å². The lowest BCUT2D eigenvalue weighted by molar-refractivity contribution is -0.108. The summed E-state index contributed by atoms with van der Waals surface area (Å²) in [4.78, 5) is 12.5. The van der Waals surface area contributed by atoms with Crippen LogP contribution in [0.4, 0.5) is 0 Å². The lowest BCUT2D eigenvalue weighted by Gasteiger charge is -2.14. The number of azide groups is 1. The lowest BCUT2D eigenvalue weighted by Crippen LogP contribution is -2.26. The molecule has 0 bridgehead atoms. The monoisotopic (exact) mass is 191 g/mol. The van der Waals surface area contributed by atoms with E-state index in [4.69, 9.17) is 15.7 Å². The Labute approximate surface area is 73.3 Å². The zero-order chi connectivity index (χ0) is 9.40. The zero-order valence-electron chi connectivity index (χ0n) is 6.20. The van der Waals surface area contributed by atoms with Gasteiger partial charge < -0.3 is 15.0 Å². The normalized spacial score (nSPS) is 14.5. The fourth-order valence-corrected chi connectivity index (χ4v) is 1.12. The SMILES string of the molecule is [N-]=[N+]=NS[C@@H](CC=O)[C@H](O)CO. The number of nitrogens with zero attached hydrogens (tertiary/aromatic N) is 3. The highest BCUT2D eigenvalue weighted by Gasteiger charge is 2.17. The Kier molecular flexibility index (Phi) is 6.50. The van der Waals surface area contributed by atoms with Crippen molar-refractivity contribution in [2.24, 2.45) is 4.52 Å². The van der Waals surface area contributed by atoms with Crippen molar-refractivity contribution in [3.63, 3.8) is 0 Å². The van der Waals surface area contributed by atoms with Gasteiger partial charge in [-0.15, -0.1) is 0 Å². The molecule has 0 saturated heterocycles. The number of rotatable bonds is 6. The Balaban J connectivity index is 4.00. The highest BCUT2D eigenvalue weighted by atomic mass is 32.2. The van der Waals surface area contributed by atoms with Crippen LogP contribution in [0.3, 0.4) is 0 Å². The maximum absolute atomic E-state index is 10.1. The van der Waals surface area contributed by atoms with Crippen LogP contribution in [0.15, 0.2) is 4.52 Å². The third kappa shape index (κ3) is 4.20. The third-order valence-corrected chi connectivity index (χ3v) is 2.11. The van der Waals surface area contributed by atoms with Gasteiger partial charge in [-0.05, 0) is 10.1 Å². The number of carbonyl (C=O) groups is 1. The summed E-state index contributed by atoms with van der Waals surface area (Å²) in [5.41, 5.74) is 7.94. The summed E-state index contributed by atoms with van der Waals surface area (Å²) in [6.45, 7) is -0.452. The van der Waals surface area contributed by atoms with E-state index in [1.165, 1.54) is 0 Å². The summed E-state index contributed by atoms with van der Waals surface area (Å²) in [6.07, 6.45) is -0.389. The van der Waals surface area contributed by atoms with E-state index >= 15 is 0 Å². The van der Waals surface area contributed by atoms with E-state index in [0.717, 1.165) is 11.9 Å². The molecule has 0 unspecified atom stereocenters. The Hall–Kier alpha value is -0.750. The van der Waals surface area contributed by atoms with E-state index in [-0.39, 0.29) is 6.42 Å². The van der Waals surface area contributed by atoms with Crippen molar-refractivity contribution in [2.75, 3.05) is 6.61 Å². The summed E-state index contributed by atoms with van der Waals surface area (Å²) in [7, 11) is 0. The van der Waals surface area contributed by atoms with Crippen LogP contribution in [0.1, 0.15) is 6.42 Å². The Morgan fingerprint density at radius 3 is 2.83 bits per heavy atom. The number of aliphatic hydroxyl groups is 2. The van der Waals surface area contributed by atoms with E-state index in [2.05, 4.69) is 9.43 Å². The van der Waals surface area contributed by atoms with E-state index in [9.17, 15) is 4.79 Å². The van der Waals surface area contributed by atoms with Gasteiger partial charge in [0.25, 0.3) is 0 Å². The van der Waals surface area contributed by atoms with E-state index in [1.807, 2.05) is 0 Å². The Bertz CT molecular complexity index is 183. The molecule has 0 rings (SSSR count). The maximum atomic E-state index is 10.1. The van der Waals surface area contributed by atoms with E-state index in [0.29, 0.717) is 6.29 Å². The smallest absolute Gasteiger partial charge is 0.121 e. The van der Waals surface area contributed by atoms with Gasteiger partial charge in [0.05, 0.1) is 12.7 Å². The van der Waals surface area contributed by atoms with Gasteiger partial charge in [-0.3, -0.25) is 0 Å². The van der Waals surface area contributed by atoms with Gasteiger partial charge in [-0.25, -0.2) is 0 Å². The van der Waals surface area contributed by atoms with Crippen LogP contribution in [0.5, 0.6) is 0 Å². The lowest BCUT2D eigenvalue weighted by atomic mass is 10.2. The molecule has 68 valence electrons. The van der Waals surface area contributed by atoms with Crippen LogP contribution in [0.2, 0.25) is 0 Å². The first-order valence-electron chi connectivity index (χ1n) is 3.19. The first kappa shape index (κ1) is 11.2. The molecule has 0 radical (unpaired) electrons. The highest BCUT2D eigenvalue weighted by Crippen LogP contribution is 2.18. The quantitative estimate of drug-likeness (QED) is 0.206. The van der Waals surface area contributed by atoms with Crippen molar-refractivity contribution >= 4 is 18.2 Å². The van der Waals surface area contributed by atoms with Crippen LogP contribution in [-0.2, 0) is 4.79 Å². The molecule has 0 spiro atoms. The average Bonchev–Trinajstić information content (AvgIpc) is 2.11. The predicted octanol–water partition coefficient (Wildman–Crippen LogP) is 0.256. The van der Waals surface area contributed by atoms with Crippen LogP contribution in [0.25, 0.3) is 10.4 Å². The maximum Gasteiger partial charge on any atom is 0.121 e. The number of aldehydes is 1. The second kappa shape index (κ2) is 6.93. The summed E-state index contributed by atoms with van der Waals surface area (Å²) >= 11 is 0.746. The molecule has 2 N–H and O–H groups in total. The number of aliphatic hydroxyl groups excluding tert-OH is 2. The van der Waals surface area contributed by atoms with Gasteiger partial charge >= 0.3 is 0 Å². The number of hydrogen-bond donors (Lipinski definition) is 2. The summed E-state index contributed by atoms with van der Waals surface area (Å²) in [5.74, 6) is 0. The van der Waals surface area contributed by atoms with Crippen LogP contribution in [0, 0.1) is 0 Å². The van der Waals surface area contributed by atoms with E-state index in [1.54, 1.807) is 0 Å². The number of hydrogen-bond acceptors (Lipinski definition) is 5. The standard InChI is InChI=1S/C5H9N3O3S/c6-7-8-12-5(1-2-9)4(11)3-10/h2,4-5,10-11H,1,3H2/t4-,5+/m1/s1. The van der Waals surface area contributed by atoms with Crippen molar-refractivity contribution in [2.45, 2.75) is 17.8 Å². The van der Waals surface area contributed by atoms with Crippen LogP contribution >= 0.6 is 11.9 Å². The highest BCUT2D eigenvalue weighted by molar-refractivity contribution is 7.98. The molecule has 0 saturated carbocycles. The van der Waals surface area contributed by atoms with Crippen molar-refractivity contribution in [3.05, 3.63) is 10.4 Å². The minimum Gasteiger partial charge on any atom is -0.394 e. The Morgan fingerprint density at radius 2 is 2.42 bits per heavy atom. The van der Waals surface area contributed by atoms with Crippen molar-refractivity contribution in [1.82, 2.24) is 0 Å². The van der Waals surface area contributed by atoms with Crippen molar-refractivity contribution < 1.29 is 15.0 Å². The minimum absolute atomic E-state index is 0.0470. The summed E-state index contributed by atoms with van der Waals surface area (Å²) in [6, 6.07) is 0. The molecular weight excluding hydrogens is 182 g/mol. The average molecular weight is 191 g/mol. The molecule has 2 atom stereocenters. The molecule has 6 nitrogen and oxygen atoms in total. The third-order valence-electron chi connectivity index (χ3n) is 1.16. The molecule has 0 aliphatic rings. The second-order valence-electron chi connectivity index (χ2n) is 1.97. The van der Waals surface area contributed by atoms with Crippen LogP contribution < -0.4 is 0 Å². The van der Waals surface area contributed by atoms with Crippen molar-refractivity contribution in [1.29, 1.82) is 0 Å². The molecule has 0 aromatic rings. The van der Waals surface area contributed by atoms with Gasteiger partial charge in [0, 0.05) is 16.6 Å². The van der Waals surface area contributed by atoms with Crippen molar-refractivity contribution in [3.8, 4) is 0 Å². The first-order chi connectivity index (χ1) is 5.76. The van der Waals surface area contributed by atoms with Gasteiger partial charge in [-0.1, -0.05) is 11.9 Å². The Morgan fingerprint density at radius 1 is 1.75 bits per heavy atom. The minimum atomic E-state index is -1.04. The molecule has 12 heavy (non-hydrogen) atoms. The largest absolute Gasteiger partial charge is 0.394 e. The zero-order valence-corrected chi connectivity index (χ0v) is 7.02. The fraction of sp³-hybridized carbons (Fsp3) is 0.800. The molecule has 0 aliphatic carbocycles. The van der Waals surface area contributed by atoms with Gasteiger partial charge in [0.2, 0.25) is 0 Å². The molecule has 0 aliphatic heterocycles. The van der Waals surface area contributed by atoms with Gasteiger partial charge in [0.1, 0.15) is 6.29 Å². The van der Waals surface area contributed by atoms with E-state index < -0.39 is 18.0 Å². The summed E-state index contributed by atoms with van der Waals surface area (Å²) < 4.78 is 3.13. The van der Waals surface area contributed by atoms with Crippen LogP contribution in [-0.4, -0.2) is 34.5 Å². The van der Waals surface area contributed by atoms with Gasteiger partial charge in [0.15, 0.2) is 0 Å². The molecule has 0 heterocycles. The van der Waals surface area contributed by atoms with Gasteiger partial charge in [-0.2, -0.15) is 0 Å². The predicted molar refractivity (Wildman–Crippen MR) is 44.3 cm³/mol. The fourth-order valence-electron chi connectivity index (χ4n) is 0.564.